The highest BCUT2D eigenvalue weighted by Gasteiger charge is 2.27. The molecule has 1 rings (SSSR count). The van der Waals surface area contributed by atoms with Crippen molar-refractivity contribution >= 4 is 5.97 Å². The van der Waals surface area contributed by atoms with E-state index in [2.05, 4.69) is 4.74 Å². The SMILES string of the molecule is O=C(O)Cc1ccc(COCC(F)(F)F)cc1. The van der Waals surface area contributed by atoms with Crippen LogP contribution in [0.3, 0.4) is 0 Å². The molecule has 0 aromatic heterocycles. The van der Waals surface area contributed by atoms with Crippen molar-refractivity contribution in [1.29, 1.82) is 0 Å². The number of alkyl halides is 3. The highest BCUT2D eigenvalue weighted by molar-refractivity contribution is 5.70. The Kier molecular flexibility index (Phi) is 4.51. The molecular weight excluding hydrogens is 237 g/mol. The first-order valence-corrected chi connectivity index (χ1v) is 4.81. The van der Waals surface area contributed by atoms with Gasteiger partial charge in [0.05, 0.1) is 13.0 Å². The van der Waals surface area contributed by atoms with Crippen LogP contribution in [0.4, 0.5) is 13.2 Å². The second-order valence-electron chi connectivity index (χ2n) is 3.49. The number of aliphatic carboxylic acids is 1. The molecule has 0 heterocycles. The molecule has 0 bridgehead atoms. The number of carbonyl (C=O) groups is 1. The summed E-state index contributed by atoms with van der Waals surface area (Å²) in [7, 11) is 0. The van der Waals surface area contributed by atoms with Crippen LogP contribution in [0.1, 0.15) is 11.1 Å². The number of halogens is 3. The molecule has 17 heavy (non-hydrogen) atoms. The maximum atomic E-state index is 11.8. The van der Waals surface area contributed by atoms with Crippen molar-refractivity contribution in [3.8, 4) is 0 Å². The van der Waals surface area contributed by atoms with Gasteiger partial charge in [0.1, 0.15) is 6.61 Å². The molecule has 0 radical (unpaired) electrons. The average Bonchev–Trinajstić information content (AvgIpc) is 2.18. The maximum absolute atomic E-state index is 11.8. The van der Waals surface area contributed by atoms with Crippen LogP contribution in [0.15, 0.2) is 24.3 Å². The summed E-state index contributed by atoms with van der Waals surface area (Å²) in [4.78, 5) is 10.4. The van der Waals surface area contributed by atoms with Gasteiger partial charge in [-0.25, -0.2) is 0 Å². The third-order valence-electron chi connectivity index (χ3n) is 1.91. The first-order valence-electron chi connectivity index (χ1n) is 4.81. The Morgan fingerprint density at radius 3 is 2.18 bits per heavy atom. The van der Waals surface area contributed by atoms with Crippen LogP contribution in [-0.2, 0) is 22.6 Å². The zero-order chi connectivity index (χ0) is 12.9. The summed E-state index contributed by atoms with van der Waals surface area (Å²) in [6.07, 6.45) is -4.44. The zero-order valence-electron chi connectivity index (χ0n) is 8.83. The number of hydrogen-bond acceptors (Lipinski definition) is 2. The molecule has 0 atom stereocenters. The van der Waals surface area contributed by atoms with Crippen molar-refractivity contribution in [2.45, 2.75) is 19.2 Å². The number of carboxylic acid groups (broad SMARTS) is 1. The fourth-order valence-corrected chi connectivity index (χ4v) is 1.21. The minimum absolute atomic E-state index is 0.107. The van der Waals surface area contributed by atoms with E-state index in [1.54, 1.807) is 24.3 Å². The Labute approximate surface area is 95.8 Å². The molecule has 0 aliphatic carbocycles. The van der Waals surface area contributed by atoms with Crippen LogP contribution in [0.5, 0.6) is 0 Å². The molecule has 0 unspecified atom stereocenters. The minimum atomic E-state index is -4.33. The number of rotatable bonds is 5. The van der Waals surface area contributed by atoms with E-state index in [0.717, 1.165) is 0 Å². The molecule has 1 aromatic rings. The van der Waals surface area contributed by atoms with Crippen molar-refractivity contribution in [1.82, 2.24) is 0 Å². The van der Waals surface area contributed by atoms with E-state index in [4.69, 9.17) is 5.11 Å². The summed E-state index contributed by atoms with van der Waals surface area (Å²) >= 11 is 0. The number of ether oxygens (including phenoxy) is 1. The Morgan fingerprint density at radius 2 is 1.71 bits per heavy atom. The fraction of sp³-hybridized carbons (Fsp3) is 0.364. The number of carboxylic acids is 1. The van der Waals surface area contributed by atoms with Gasteiger partial charge in [0.15, 0.2) is 0 Å². The van der Waals surface area contributed by atoms with Crippen LogP contribution < -0.4 is 0 Å². The van der Waals surface area contributed by atoms with Crippen LogP contribution in [0.25, 0.3) is 0 Å². The molecule has 6 heteroatoms. The van der Waals surface area contributed by atoms with Crippen LogP contribution in [-0.4, -0.2) is 23.9 Å². The van der Waals surface area contributed by atoms with Crippen molar-refractivity contribution in [2.75, 3.05) is 6.61 Å². The molecular formula is C11H11F3O3. The lowest BCUT2D eigenvalue weighted by atomic mass is 10.1. The Hall–Kier alpha value is -1.56. The van der Waals surface area contributed by atoms with Gasteiger partial charge in [0.2, 0.25) is 0 Å². The predicted octanol–water partition coefficient (Wildman–Crippen LogP) is 2.39. The lowest BCUT2D eigenvalue weighted by Crippen LogP contribution is -2.16. The highest BCUT2D eigenvalue weighted by atomic mass is 19.4. The lowest BCUT2D eigenvalue weighted by molar-refractivity contribution is -0.176. The van der Waals surface area contributed by atoms with Gasteiger partial charge in [-0.1, -0.05) is 24.3 Å². The average molecular weight is 248 g/mol. The first kappa shape index (κ1) is 13.5. The number of hydrogen-bond donors (Lipinski definition) is 1. The van der Waals surface area contributed by atoms with E-state index in [1.165, 1.54) is 0 Å². The summed E-state index contributed by atoms with van der Waals surface area (Å²) in [6, 6.07) is 6.21. The molecule has 1 N–H and O–H groups in total. The molecule has 0 aliphatic rings. The topological polar surface area (TPSA) is 46.5 Å². The summed E-state index contributed by atoms with van der Waals surface area (Å²) in [5, 5.41) is 8.52. The Balaban J connectivity index is 2.43. The van der Waals surface area contributed by atoms with Crippen LogP contribution in [0, 0.1) is 0 Å². The van der Waals surface area contributed by atoms with Gasteiger partial charge in [-0.05, 0) is 11.1 Å². The molecule has 0 saturated heterocycles. The van der Waals surface area contributed by atoms with Crippen molar-refractivity contribution in [3.63, 3.8) is 0 Å². The molecule has 94 valence electrons. The molecule has 0 fully saturated rings. The molecule has 0 aliphatic heterocycles. The number of benzene rings is 1. The maximum Gasteiger partial charge on any atom is 0.411 e. The predicted molar refractivity (Wildman–Crippen MR) is 53.5 cm³/mol. The summed E-state index contributed by atoms with van der Waals surface area (Å²) in [6.45, 7) is -1.43. The van der Waals surface area contributed by atoms with Crippen LogP contribution in [0.2, 0.25) is 0 Å². The quantitative estimate of drug-likeness (QED) is 0.870. The molecule has 1 aromatic carbocycles. The Morgan fingerprint density at radius 1 is 1.18 bits per heavy atom. The van der Waals surface area contributed by atoms with Gasteiger partial charge >= 0.3 is 12.1 Å². The minimum Gasteiger partial charge on any atom is -0.481 e. The molecule has 3 nitrogen and oxygen atoms in total. The van der Waals surface area contributed by atoms with Gasteiger partial charge in [0, 0.05) is 0 Å². The van der Waals surface area contributed by atoms with Crippen molar-refractivity contribution in [3.05, 3.63) is 35.4 Å². The lowest BCUT2D eigenvalue weighted by Gasteiger charge is -2.07. The van der Waals surface area contributed by atoms with E-state index >= 15 is 0 Å². The summed E-state index contributed by atoms with van der Waals surface area (Å²) in [5.41, 5.74) is 1.17. The van der Waals surface area contributed by atoms with Gasteiger partial charge in [-0.3, -0.25) is 4.79 Å². The van der Waals surface area contributed by atoms with E-state index < -0.39 is 18.8 Å². The largest absolute Gasteiger partial charge is 0.481 e. The Bertz CT molecular complexity index is 371. The van der Waals surface area contributed by atoms with E-state index in [-0.39, 0.29) is 13.0 Å². The van der Waals surface area contributed by atoms with E-state index in [1.807, 2.05) is 0 Å². The second kappa shape index (κ2) is 5.67. The monoisotopic (exact) mass is 248 g/mol. The summed E-state index contributed by atoms with van der Waals surface area (Å²) in [5.74, 6) is -0.953. The fourth-order valence-electron chi connectivity index (χ4n) is 1.21. The van der Waals surface area contributed by atoms with E-state index in [0.29, 0.717) is 11.1 Å². The van der Waals surface area contributed by atoms with Gasteiger partial charge in [0.25, 0.3) is 0 Å². The normalized spacial score (nSPS) is 11.5. The van der Waals surface area contributed by atoms with Gasteiger partial charge < -0.3 is 9.84 Å². The van der Waals surface area contributed by atoms with Gasteiger partial charge in [-0.15, -0.1) is 0 Å². The van der Waals surface area contributed by atoms with Crippen molar-refractivity contribution in [2.24, 2.45) is 0 Å². The molecule has 0 amide bonds. The third-order valence-corrected chi connectivity index (χ3v) is 1.91. The summed E-state index contributed by atoms with van der Waals surface area (Å²) < 4.78 is 39.8. The third kappa shape index (κ3) is 5.91. The first-order chi connectivity index (χ1) is 7.87. The molecule has 0 spiro atoms. The van der Waals surface area contributed by atoms with Crippen LogP contribution >= 0.6 is 0 Å². The van der Waals surface area contributed by atoms with E-state index in [9.17, 15) is 18.0 Å². The van der Waals surface area contributed by atoms with Gasteiger partial charge in [-0.2, -0.15) is 13.2 Å². The second-order valence-corrected chi connectivity index (χ2v) is 3.49. The van der Waals surface area contributed by atoms with Crippen molar-refractivity contribution < 1.29 is 27.8 Å². The zero-order valence-corrected chi connectivity index (χ0v) is 8.83. The molecule has 0 saturated carbocycles. The smallest absolute Gasteiger partial charge is 0.411 e. The standard InChI is InChI=1S/C11H11F3O3/c12-11(13,14)7-17-6-9-3-1-8(2-4-9)5-10(15)16/h1-4H,5-7H2,(H,15,16). The highest BCUT2D eigenvalue weighted by Crippen LogP contribution is 2.15.